The van der Waals surface area contributed by atoms with Gasteiger partial charge in [-0.3, -0.25) is 4.90 Å². The molecule has 0 aromatic rings. The molecule has 0 radical (unpaired) electrons. The molecule has 2 nitrogen and oxygen atoms in total. The van der Waals surface area contributed by atoms with Gasteiger partial charge in [-0.1, -0.05) is 48.5 Å². The molecule has 2 heteroatoms. The number of piperazine rings is 1. The van der Waals surface area contributed by atoms with Gasteiger partial charge in [0.25, 0.3) is 0 Å². The first-order valence-electron chi connectivity index (χ1n) is 7.51. The highest BCUT2D eigenvalue weighted by atomic mass is 15.2. The fraction of sp³-hybridized carbons (Fsp3) is 1.00. The summed E-state index contributed by atoms with van der Waals surface area (Å²) in [7, 11) is 0. The van der Waals surface area contributed by atoms with Gasteiger partial charge in [-0.15, -0.1) is 0 Å². The first-order valence-corrected chi connectivity index (χ1v) is 7.51. The Hall–Kier alpha value is -0.0800. The molecule has 0 bridgehead atoms. The number of nitrogens with zero attached hydrogens (tertiary/aromatic N) is 1. The molecule has 2 unspecified atom stereocenters. The van der Waals surface area contributed by atoms with Gasteiger partial charge in [-0.05, 0) is 23.7 Å². The van der Waals surface area contributed by atoms with E-state index in [1.807, 2.05) is 0 Å². The summed E-state index contributed by atoms with van der Waals surface area (Å²) in [6.45, 7) is 22.4. The molecule has 0 aromatic carbocycles. The maximum absolute atomic E-state index is 3.71. The van der Waals surface area contributed by atoms with Crippen LogP contribution in [0.25, 0.3) is 0 Å². The monoisotopic (exact) mass is 254 g/mol. The maximum atomic E-state index is 3.71. The molecule has 18 heavy (non-hydrogen) atoms. The van der Waals surface area contributed by atoms with Crippen LogP contribution in [0.4, 0.5) is 0 Å². The van der Waals surface area contributed by atoms with E-state index in [9.17, 15) is 0 Å². The number of hydrogen-bond acceptors (Lipinski definition) is 2. The molecule has 1 aliphatic heterocycles. The molecule has 0 spiro atoms. The van der Waals surface area contributed by atoms with E-state index >= 15 is 0 Å². The molecular formula is C16H34N2. The molecule has 108 valence electrons. The fourth-order valence-electron chi connectivity index (χ4n) is 2.43. The van der Waals surface area contributed by atoms with Gasteiger partial charge in [0.15, 0.2) is 0 Å². The van der Waals surface area contributed by atoms with Crippen LogP contribution in [0, 0.1) is 16.7 Å². The molecule has 1 rings (SSSR count). The predicted octanol–water partition coefficient (Wildman–Crippen LogP) is 3.38. The summed E-state index contributed by atoms with van der Waals surface area (Å²) in [5, 5.41) is 3.71. The molecule has 0 aromatic heterocycles. The van der Waals surface area contributed by atoms with Crippen LogP contribution in [0.5, 0.6) is 0 Å². The highest BCUT2D eigenvalue weighted by Crippen LogP contribution is 2.30. The van der Waals surface area contributed by atoms with E-state index in [1.165, 1.54) is 13.1 Å². The van der Waals surface area contributed by atoms with Crippen LogP contribution in [0.15, 0.2) is 0 Å². The lowest BCUT2D eigenvalue weighted by Gasteiger charge is -2.47. The Morgan fingerprint density at radius 3 is 2.17 bits per heavy atom. The first-order chi connectivity index (χ1) is 8.04. The standard InChI is InChI=1S/C16H34N2/c1-12(2)16(7,8)11-18-10-14(15(4,5)6)17-9-13(18)3/h12-14,17H,9-11H2,1-8H3. The molecule has 1 N–H and O–H groups in total. The zero-order chi connectivity index (χ0) is 14.1. The average molecular weight is 254 g/mol. The Kier molecular flexibility index (Phi) is 4.88. The van der Waals surface area contributed by atoms with Gasteiger partial charge in [0, 0.05) is 31.7 Å². The first kappa shape index (κ1) is 16.0. The molecule has 0 saturated carbocycles. The number of hydrogen-bond donors (Lipinski definition) is 1. The van der Waals surface area contributed by atoms with Crippen molar-refractivity contribution in [2.75, 3.05) is 19.6 Å². The summed E-state index contributed by atoms with van der Waals surface area (Å²) < 4.78 is 0. The summed E-state index contributed by atoms with van der Waals surface area (Å²) in [5.74, 6) is 0.729. The SMILES string of the molecule is CC1CNC(C(C)(C)C)CN1CC(C)(C)C(C)C. The minimum Gasteiger partial charge on any atom is -0.311 e. The maximum Gasteiger partial charge on any atom is 0.0244 e. The van der Waals surface area contributed by atoms with Gasteiger partial charge in [0.2, 0.25) is 0 Å². The van der Waals surface area contributed by atoms with Crippen molar-refractivity contribution < 1.29 is 0 Å². The summed E-state index contributed by atoms with van der Waals surface area (Å²) >= 11 is 0. The number of nitrogens with one attached hydrogen (secondary N) is 1. The minimum atomic E-state index is 0.348. The van der Waals surface area contributed by atoms with Crippen molar-refractivity contribution >= 4 is 0 Å². The molecule has 0 amide bonds. The van der Waals surface area contributed by atoms with Crippen LogP contribution in [0.3, 0.4) is 0 Å². The van der Waals surface area contributed by atoms with Crippen molar-refractivity contribution in [1.82, 2.24) is 10.2 Å². The molecule has 0 aliphatic carbocycles. The number of rotatable bonds is 3. The van der Waals surface area contributed by atoms with Crippen molar-refractivity contribution in [2.45, 2.75) is 67.5 Å². The van der Waals surface area contributed by atoms with Gasteiger partial charge in [0.1, 0.15) is 0 Å². The van der Waals surface area contributed by atoms with Crippen LogP contribution in [0.1, 0.15) is 55.4 Å². The lowest BCUT2D eigenvalue weighted by molar-refractivity contribution is 0.0465. The molecule has 2 atom stereocenters. The normalized spacial score (nSPS) is 27.8. The second kappa shape index (κ2) is 5.50. The molecule has 1 heterocycles. The second-order valence-electron chi connectivity index (χ2n) is 8.25. The second-order valence-corrected chi connectivity index (χ2v) is 8.25. The summed E-state index contributed by atoms with van der Waals surface area (Å²) in [4.78, 5) is 2.69. The van der Waals surface area contributed by atoms with E-state index in [-0.39, 0.29) is 0 Å². The minimum absolute atomic E-state index is 0.348. The lowest BCUT2D eigenvalue weighted by atomic mass is 9.79. The summed E-state index contributed by atoms with van der Waals surface area (Å²) in [6.07, 6.45) is 0. The van der Waals surface area contributed by atoms with Gasteiger partial charge >= 0.3 is 0 Å². The van der Waals surface area contributed by atoms with Crippen molar-refractivity contribution in [3.05, 3.63) is 0 Å². The van der Waals surface area contributed by atoms with Gasteiger partial charge in [0.05, 0.1) is 0 Å². The van der Waals surface area contributed by atoms with Crippen LogP contribution >= 0.6 is 0 Å². The van der Waals surface area contributed by atoms with E-state index < -0.39 is 0 Å². The third-order valence-electron chi connectivity index (χ3n) is 4.92. The van der Waals surface area contributed by atoms with Crippen LogP contribution < -0.4 is 5.32 Å². The molecular weight excluding hydrogens is 220 g/mol. The van der Waals surface area contributed by atoms with Crippen LogP contribution in [0.2, 0.25) is 0 Å². The molecule has 1 saturated heterocycles. The van der Waals surface area contributed by atoms with Gasteiger partial charge in [-0.25, -0.2) is 0 Å². The van der Waals surface area contributed by atoms with Crippen molar-refractivity contribution in [3.63, 3.8) is 0 Å². The van der Waals surface area contributed by atoms with Crippen molar-refractivity contribution in [1.29, 1.82) is 0 Å². The quantitative estimate of drug-likeness (QED) is 0.830. The summed E-state index contributed by atoms with van der Waals surface area (Å²) in [5.41, 5.74) is 0.744. The zero-order valence-corrected chi connectivity index (χ0v) is 13.8. The topological polar surface area (TPSA) is 15.3 Å². The highest BCUT2D eigenvalue weighted by Gasteiger charge is 2.35. The molecule has 1 fully saturated rings. The average Bonchev–Trinajstić information content (AvgIpc) is 2.19. The van der Waals surface area contributed by atoms with Crippen LogP contribution in [-0.2, 0) is 0 Å². The van der Waals surface area contributed by atoms with Gasteiger partial charge < -0.3 is 5.32 Å². The Morgan fingerprint density at radius 2 is 1.72 bits per heavy atom. The van der Waals surface area contributed by atoms with E-state index in [4.69, 9.17) is 0 Å². The largest absolute Gasteiger partial charge is 0.311 e. The Labute approximate surface area is 115 Å². The lowest BCUT2D eigenvalue weighted by Crippen LogP contribution is -2.61. The third kappa shape index (κ3) is 3.96. The fourth-order valence-corrected chi connectivity index (χ4v) is 2.43. The van der Waals surface area contributed by atoms with Crippen LogP contribution in [-0.4, -0.2) is 36.6 Å². The predicted molar refractivity (Wildman–Crippen MR) is 80.9 cm³/mol. The van der Waals surface area contributed by atoms with E-state index in [1.54, 1.807) is 0 Å². The zero-order valence-electron chi connectivity index (χ0n) is 13.8. The van der Waals surface area contributed by atoms with Crippen molar-refractivity contribution in [3.8, 4) is 0 Å². The van der Waals surface area contributed by atoms with Crippen molar-refractivity contribution in [2.24, 2.45) is 16.7 Å². The smallest absolute Gasteiger partial charge is 0.0244 e. The Balaban J connectivity index is 2.69. The third-order valence-corrected chi connectivity index (χ3v) is 4.92. The van der Waals surface area contributed by atoms with Gasteiger partial charge in [-0.2, -0.15) is 0 Å². The van der Waals surface area contributed by atoms with E-state index in [0.717, 1.165) is 12.5 Å². The summed E-state index contributed by atoms with van der Waals surface area (Å²) in [6, 6.07) is 1.26. The highest BCUT2D eigenvalue weighted by molar-refractivity contribution is 4.92. The molecule has 1 aliphatic rings. The Bertz CT molecular complexity index is 263. The van der Waals surface area contributed by atoms with E-state index in [0.29, 0.717) is 22.9 Å². The van der Waals surface area contributed by atoms with E-state index in [2.05, 4.69) is 65.6 Å². The Morgan fingerprint density at radius 1 is 1.17 bits per heavy atom.